The van der Waals surface area contributed by atoms with Gasteiger partial charge in [0.15, 0.2) is 23.8 Å². The van der Waals surface area contributed by atoms with E-state index in [0.29, 0.717) is 17.1 Å². The summed E-state index contributed by atoms with van der Waals surface area (Å²) < 4.78 is 15.8. The molecule has 0 saturated heterocycles. The largest absolute Gasteiger partial charge is 0.493 e. The van der Waals surface area contributed by atoms with Gasteiger partial charge in [-0.05, 0) is 42.3 Å². The van der Waals surface area contributed by atoms with Crippen molar-refractivity contribution in [3.8, 4) is 11.5 Å². The Hall–Kier alpha value is -3.61. The quantitative estimate of drug-likeness (QED) is 0.624. The maximum absolute atomic E-state index is 12.2. The molecule has 0 radical (unpaired) electrons. The van der Waals surface area contributed by atoms with Crippen LogP contribution >= 0.6 is 0 Å². The number of ether oxygens (including phenoxy) is 3. The number of carbonyl (C=O) groups is 2. The molecule has 7 nitrogen and oxygen atoms in total. The van der Waals surface area contributed by atoms with Gasteiger partial charge in [0, 0.05) is 5.56 Å². The lowest BCUT2D eigenvalue weighted by atomic mass is 10.1. The van der Waals surface area contributed by atoms with E-state index in [1.807, 2.05) is 31.2 Å². The summed E-state index contributed by atoms with van der Waals surface area (Å²) in [5.41, 5.74) is 7.65. The van der Waals surface area contributed by atoms with Gasteiger partial charge in [-0.2, -0.15) is 0 Å². The molecule has 27 heavy (non-hydrogen) atoms. The van der Waals surface area contributed by atoms with Gasteiger partial charge in [-0.25, -0.2) is 9.79 Å². The van der Waals surface area contributed by atoms with E-state index in [1.54, 1.807) is 24.3 Å². The number of rotatable bonds is 6. The van der Waals surface area contributed by atoms with Crippen LogP contribution in [0.15, 0.2) is 53.2 Å². The van der Waals surface area contributed by atoms with Gasteiger partial charge < -0.3 is 19.9 Å². The predicted molar refractivity (Wildman–Crippen MR) is 99.5 cm³/mol. The van der Waals surface area contributed by atoms with Crippen molar-refractivity contribution in [2.75, 3.05) is 13.7 Å². The molecule has 3 rings (SSSR count). The van der Waals surface area contributed by atoms with E-state index in [2.05, 4.69) is 4.99 Å². The molecule has 0 aliphatic carbocycles. The maximum Gasteiger partial charge on any atom is 0.363 e. The molecule has 0 bridgehead atoms. The second-order valence-corrected chi connectivity index (χ2v) is 5.82. The number of hydrogen-bond acceptors (Lipinski definition) is 6. The lowest BCUT2D eigenvalue weighted by molar-refractivity contribution is -0.130. The second kappa shape index (κ2) is 7.74. The number of esters is 1. The Morgan fingerprint density at radius 3 is 2.70 bits per heavy atom. The average molecular weight is 366 g/mol. The number of hydrogen-bond donors (Lipinski definition) is 1. The minimum atomic E-state index is -0.588. The summed E-state index contributed by atoms with van der Waals surface area (Å²) in [6.45, 7) is 1.66. The highest BCUT2D eigenvalue weighted by Gasteiger charge is 2.25. The van der Waals surface area contributed by atoms with Crippen molar-refractivity contribution < 1.29 is 23.8 Å². The molecule has 0 saturated carbocycles. The summed E-state index contributed by atoms with van der Waals surface area (Å²) in [4.78, 5) is 27.3. The maximum atomic E-state index is 12.2. The van der Waals surface area contributed by atoms with Crippen molar-refractivity contribution in [2.24, 2.45) is 10.7 Å². The molecule has 2 N–H and O–H groups in total. The zero-order valence-corrected chi connectivity index (χ0v) is 14.9. The number of carbonyl (C=O) groups excluding carboxylic acids is 2. The van der Waals surface area contributed by atoms with Crippen LogP contribution in [0.4, 0.5) is 0 Å². The standard InChI is InChI=1S/C20H18N2O5/c1-12-5-3-4-6-14(12)19-22-15(20(24)27-19)9-13-7-8-16(17(10-13)25-2)26-11-18(21)23/h3-10H,11H2,1-2H3,(H2,21,23)/b15-9-. The Morgan fingerprint density at radius 2 is 2.00 bits per heavy atom. The lowest BCUT2D eigenvalue weighted by Gasteiger charge is -2.09. The monoisotopic (exact) mass is 366 g/mol. The number of primary amides is 1. The van der Waals surface area contributed by atoms with E-state index in [0.717, 1.165) is 11.1 Å². The molecule has 0 aromatic heterocycles. The normalized spacial score (nSPS) is 14.7. The molecule has 2 aromatic rings. The van der Waals surface area contributed by atoms with Crippen molar-refractivity contribution >= 4 is 23.9 Å². The fraction of sp³-hybridized carbons (Fsp3) is 0.150. The Bertz CT molecular complexity index is 963. The molecular weight excluding hydrogens is 348 g/mol. The van der Waals surface area contributed by atoms with Crippen LogP contribution in [-0.2, 0) is 14.3 Å². The third kappa shape index (κ3) is 4.14. The summed E-state index contributed by atoms with van der Waals surface area (Å²) in [7, 11) is 1.47. The van der Waals surface area contributed by atoms with E-state index in [1.165, 1.54) is 7.11 Å². The van der Waals surface area contributed by atoms with E-state index in [-0.39, 0.29) is 18.2 Å². The van der Waals surface area contributed by atoms with Crippen molar-refractivity contribution in [3.63, 3.8) is 0 Å². The topological polar surface area (TPSA) is 100 Å². The number of benzene rings is 2. The second-order valence-electron chi connectivity index (χ2n) is 5.82. The van der Waals surface area contributed by atoms with Crippen LogP contribution in [0.3, 0.4) is 0 Å². The van der Waals surface area contributed by atoms with Crippen LogP contribution in [0, 0.1) is 6.92 Å². The molecule has 0 spiro atoms. The van der Waals surface area contributed by atoms with E-state index in [4.69, 9.17) is 19.9 Å². The summed E-state index contributed by atoms with van der Waals surface area (Å²) in [5.74, 6) is -0.0642. The van der Waals surface area contributed by atoms with E-state index in [9.17, 15) is 9.59 Å². The molecule has 0 fully saturated rings. The van der Waals surface area contributed by atoms with Crippen LogP contribution in [0.5, 0.6) is 11.5 Å². The zero-order valence-electron chi connectivity index (χ0n) is 14.9. The van der Waals surface area contributed by atoms with Crippen LogP contribution in [0.25, 0.3) is 6.08 Å². The zero-order chi connectivity index (χ0) is 19.4. The van der Waals surface area contributed by atoms with Crippen LogP contribution in [0.2, 0.25) is 0 Å². The molecule has 138 valence electrons. The Balaban J connectivity index is 1.88. The van der Waals surface area contributed by atoms with Crippen molar-refractivity contribution in [3.05, 3.63) is 64.9 Å². The molecule has 1 aliphatic rings. The fourth-order valence-electron chi connectivity index (χ4n) is 2.54. The molecule has 0 unspecified atom stereocenters. The molecule has 2 aromatic carbocycles. The number of aliphatic imine (C=N–C) groups is 1. The first-order valence-electron chi connectivity index (χ1n) is 8.15. The first kappa shape index (κ1) is 18.2. The van der Waals surface area contributed by atoms with Gasteiger partial charge in [-0.15, -0.1) is 0 Å². The molecule has 1 heterocycles. The fourth-order valence-corrected chi connectivity index (χ4v) is 2.54. The molecule has 1 amide bonds. The summed E-state index contributed by atoms with van der Waals surface area (Å²) in [5, 5.41) is 0. The highest BCUT2D eigenvalue weighted by molar-refractivity contribution is 6.13. The van der Waals surface area contributed by atoms with E-state index < -0.39 is 11.9 Å². The number of methoxy groups -OCH3 is 1. The average Bonchev–Trinajstić information content (AvgIpc) is 3.01. The lowest BCUT2D eigenvalue weighted by Crippen LogP contribution is -2.20. The van der Waals surface area contributed by atoms with Crippen LogP contribution in [-0.4, -0.2) is 31.5 Å². The summed E-state index contributed by atoms with van der Waals surface area (Å²) in [6, 6.07) is 12.5. The van der Waals surface area contributed by atoms with Gasteiger partial charge in [0.1, 0.15) is 0 Å². The van der Waals surface area contributed by atoms with Crippen LogP contribution < -0.4 is 15.2 Å². The van der Waals surface area contributed by atoms with Crippen molar-refractivity contribution in [1.82, 2.24) is 0 Å². The Kier molecular flexibility index (Phi) is 5.21. The van der Waals surface area contributed by atoms with Gasteiger partial charge in [-0.3, -0.25) is 4.79 Å². The van der Waals surface area contributed by atoms with Crippen LogP contribution in [0.1, 0.15) is 16.7 Å². The number of nitrogens with zero attached hydrogens (tertiary/aromatic N) is 1. The highest BCUT2D eigenvalue weighted by atomic mass is 16.6. The third-order valence-corrected chi connectivity index (χ3v) is 3.86. The van der Waals surface area contributed by atoms with Crippen molar-refractivity contribution in [1.29, 1.82) is 0 Å². The predicted octanol–water partition coefficient (Wildman–Crippen LogP) is 2.21. The molecular formula is C20H18N2O5. The first-order valence-corrected chi connectivity index (χ1v) is 8.15. The first-order chi connectivity index (χ1) is 13.0. The van der Waals surface area contributed by atoms with Crippen molar-refractivity contribution in [2.45, 2.75) is 6.92 Å². The van der Waals surface area contributed by atoms with E-state index >= 15 is 0 Å². The summed E-state index contributed by atoms with van der Waals surface area (Å²) in [6.07, 6.45) is 1.59. The van der Waals surface area contributed by atoms with Gasteiger partial charge >= 0.3 is 5.97 Å². The SMILES string of the molecule is COc1cc(/C=C2\N=C(c3ccccc3C)OC2=O)ccc1OCC(N)=O. The van der Waals surface area contributed by atoms with Gasteiger partial charge in [-0.1, -0.05) is 24.3 Å². The minimum Gasteiger partial charge on any atom is -0.493 e. The minimum absolute atomic E-state index is 0.182. The molecule has 1 aliphatic heterocycles. The Morgan fingerprint density at radius 1 is 1.22 bits per heavy atom. The number of amides is 1. The Labute approximate surface area is 156 Å². The summed E-state index contributed by atoms with van der Waals surface area (Å²) >= 11 is 0. The number of aryl methyl sites for hydroxylation is 1. The van der Waals surface area contributed by atoms with Gasteiger partial charge in [0.25, 0.3) is 5.91 Å². The number of cyclic esters (lactones) is 1. The number of nitrogens with two attached hydrogens (primary N) is 1. The molecule has 7 heteroatoms. The highest BCUT2D eigenvalue weighted by Crippen LogP contribution is 2.30. The smallest absolute Gasteiger partial charge is 0.363 e. The van der Waals surface area contributed by atoms with Gasteiger partial charge in [0.05, 0.1) is 7.11 Å². The third-order valence-electron chi connectivity index (χ3n) is 3.86. The van der Waals surface area contributed by atoms with Gasteiger partial charge in [0.2, 0.25) is 5.90 Å². The molecule has 0 atom stereocenters.